The summed E-state index contributed by atoms with van der Waals surface area (Å²) in [6.45, 7) is 13.8. The highest BCUT2D eigenvalue weighted by Gasteiger charge is 2.19. The van der Waals surface area contributed by atoms with E-state index in [4.69, 9.17) is 14.2 Å². The molecule has 0 aromatic rings. The summed E-state index contributed by atoms with van der Waals surface area (Å²) in [5, 5.41) is 0. The SMILES string of the molecule is CC(C)CCCCCCCCCCCCCCCCCCC(=O)OC[C@H](COC(=O)CCCCCCCCCCCC(C)C)OC(=O)CCCCCCCCCCCCCCCCC(C)C. The highest BCUT2D eigenvalue weighted by Crippen LogP contribution is 2.19. The lowest BCUT2D eigenvalue weighted by molar-refractivity contribution is -0.167. The molecule has 6 nitrogen and oxygen atoms in total. The average molecular weight is 934 g/mol. The third kappa shape index (κ3) is 53.4. The number of carbonyl (C=O) groups is 3. The van der Waals surface area contributed by atoms with E-state index in [1.165, 1.54) is 212 Å². The van der Waals surface area contributed by atoms with Gasteiger partial charge in [-0.2, -0.15) is 0 Å². The van der Waals surface area contributed by atoms with Crippen molar-refractivity contribution in [2.75, 3.05) is 13.2 Å². The van der Waals surface area contributed by atoms with Gasteiger partial charge in [-0.3, -0.25) is 14.4 Å². The van der Waals surface area contributed by atoms with Crippen molar-refractivity contribution in [1.82, 2.24) is 0 Å². The van der Waals surface area contributed by atoms with Gasteiger partial charge in [0.05, 0.1) is 0 Å². The van der Waals surface area contributed by atoms with Gasteiger partial charge in [0.1, 0.15) is 13.2 Å². The maximum atomic E-state index is 12.9. The van der Waals surface area contributed by atoms with Crippen LogP contribution in [-0.4, -0.2) is 37.2 Å². The maximum Gasteiger partial charge on any atom is 0.306 e. The number of unbranched alkanes of at least 4 members (excludes halogenated alkanes) is 36. The van der Waals surface area contributed by atoms with Gasteiger partial charge in [-0.25, -0.2) is 0 Å². The lowest BCUT2D eigenvalue weighted by atomic mass is 10.0. The summed E-state index contributed by atoms with van der Waals surface area (Å²) in [5.74, 6) is 1.66. The molecule has 0 aromatic carbocycles. The van der Waals surface area contributed by atoms with E-state index in [9.17, 15) is 14.4 Å². The van der Waals surface area contributed by atoms with Gasteiger partial charge >= 0.3 is 17.9 Å². The number of hydrogen-bond acceptors (Lipinski definition) is 6. The quantitative estimate of drug-likeness (QED) is 0.0343. The first kappa shape index (κ1) is 64.4. The molecule has 0 saturated carbocycles. The van der Waals surface area contributed by atoms with Crippen LogP contribution in [0.5, 0.6) is 0 Å². The minimum Gasteiger partial charge on any atom is -0.462 e. The Balaban J connectivity index is 4.27. The molecular formula is C60H116O6. The number of hydrogen-bond donors (Lipinski definition) is 0. The highest BCUT2D eigenvalue weighted by molar-refractivity contribution is 5.71. The molecule has 1 atom stereocenters. The van der Waals surface area contributed by atoms with Crippen molar-refractivity contribution in [3.63, 3.8) is 0 Å². The summed E-state index contributed by atoms with van der Waals surface area (Å²) in [7, 11) is 0. The van der Waals surface area contributed by atoms with Crippen molar-refractivity contribution < 1.29 is 28.6 Å². The monoisotopic (exact) mass is 933 g/mol. The van der Waals surface area contributed by atoms with Crippen LogP contribution in [0.2, 0.25) is 0 Å². The van der Waals surface area contributed by atoms with E-state index in [0.717, 1.165) is 75.5 Å². The minimum atomic E-state index is -0.764. The molecule has 0 aliphatic rings. The van der Waals surface area contributed by atoms with Crippen LogP contribution in [0.3, 0.4) is 0 Å². The summed E-state index contributed by atoms with van der Waals surface area (Å²) in [4.78, 5) is 38.2. The van der Waals surface area contributed by atoms with Crippen LogP contribution in [0.15, 0.2) is 0 Å². The average Bonchev–Trinajstić information content (AvgIpc) is 3.28. The smallest absolute Gasteiger partial charge is 0.306 e. The van der Waals surface area contributed by atoms with E-state index in [1.807, 2.05) is 0 Å². The molecule has 0 rings (SSSR count). The molecule has 6 heteroatoms. The molecule has 0 spiro atoms. The minimum absolute atomic E-state index is 0.0634. The molecule has 0 saturated heterocycles. The number of carbonyl (C=O) groups excluding carboxylic acids is 3. The first-order valence-electron chi connectivity index (χ1n) is 29.6. The van der Waals surface area contributed by atoms with E-state index in [-0.39, 0.29) is 31.1 Å². The highest BCUT2D eigenvalue weighted by atomic mass is 16.6. The van der Waals surface area contributed by atoms with Crippen LogP contribution in [-0.2, 0) is 28.6 Å². The van der Waals surface area contributed by atoms with Crippen molar-refractivity contribution >= 4 is 17.9 Å². The predicted octanol–water partition coefficient (Wildman–Crippen LogP) is 19.5. The van der Waals surface area contributed by atoms with E-state index in [1.54, 1.807) is 0 Å². The fourth-order valence-electron chi connectivity index (χ4n) is 9.18. The summed E-state index contributed by atoms with van der Waals surface area (Å²) < 4.78 is 16.9. The van der Waals surface area contributed by atoms with Crippen LogP contribution >= 0.6 is 0 Å². The summed E-state index contributed by atoms with van der Waals surface area (Å²) >= 11 is 0. The molecule has 0 radical (unpaired) electrons. The van der Waals surface area contributed by atoms with Gasteiger partial charge in [-0.15, -0.1) is 0 Å². The topological polar surface area (TPSA) is 78.9 Å². The molecule has 0 amide bonds. The molecule has 0 N–H and O–H groups in total. The van der Waals surface area contributed by atoms with Crippen LogP contribution in [0.25, 0.3) is 0 Å². The van der Waals surface area contributed by atoms with Gasteiger partial charge in [0.25, 0.3) is 0 Å². The molecule has 0 aliphatic carbocycles. The van der Waals surface area contributed by atoms with Crippen LogP contribution in [0.1, 0.15) is 330 Å². The Morgan fingerprint density at radius 1 is 0.258 bits per heavy atom. The normalized spacial score (nSPS) is 12.1. The van der Waals surface area contributed by atoms with Gasteiger partial charge in [0.15, 0.2) is 6.10 Å². The summed E-state index contributed by atoms with van der Waals surface area (Å²) in [6.07, 6.45) is 53.9. The molecule has 0 unspecified atom stereocenters. The third-order valence-electron chi connectivity index (χ3n) is 13.6. The fraction of sp³-hybridized carbons (Fsp3) is 0.950. The van der Waals surface area contributed by atoms with Crippen molar-refractivity contribution in [3.8, 4) is 0 Å². The molecule has 0 fully saturated rings. The van der Waals surface area contributed by atoms with Gasteiger partial charge in [0, 0.05) is 19.3 Å². The molecule has 392 valence electrons. The largest absolute Gasteiger partial charge is 0.462 e. The standard InChI is InChI=1S/C60H116O6/c1-54(2)46-40-34-28-22-17-13-9-7-8-10-15-19-25-31-37-43-49-58(61)64-52-57(53-65-59(62)50-44-38-32-27-21-24-30-36-42-48-56(5)6)66-60(63)51-45-39-33-26-20-16-12-11-14-18-23-29-35-41-47-55(3)4/h54-57H,7-53H2,1-6H3/t57-/m1/s1. The predicted molar refractivity (Wildman–Crippen MR) is 284 cm³/mol. The Labute approximate surface area is 412 Å². The fourth-order valence-corrected chi connectivity index (χ4v) is 9.18. The third-order valence-corrected chi connectivity index (χ3v) is 13.6. The molecule has 0 heterocycles. The number of rotatable bonds is 53. The van der Waals surface area contributed by atoms with E-state index >= 15 is 0 Å². The van der Waals surface area contributed by atoms with Gasteiger partial charge < -0.3 is 14.2 Å². The van der Waals surface area contributed by atoms with Crippen LogP contribution < -0.4 is 0 Å². The van der Waals surface area contributed by atoms with Crippen molar-refractivity contribution in [2.45, 2.75) is 337 Å². The Hall–Kier alpha value is -1.59. The molecule has 0 aliphatic heterocycles. The Kier molecular flexibility index (Phi) is 50.0. The van der Waals surface area contributed by atoms with Crippen molar-refractivity contribution in [3.05, 3.63) is 0 Å². The van der Waals surface area contributed by atoms with Crippen LogP contribution in [0, 0.1) is 17.8 Å². The second kappa shape index (κ2) is 51.3. The molecule has 0 aromatic heterocycles. The lowest BCUT2D eigenvalue weighted by Gasteiger charge is -2.18. The van der Waals surface area contributed by atoms with Gasteiger partial charge in [-0.1, -0.05) is 292 Å². The summed E-state index contributed by atoms with van der Waals surface area (Å²) in [6, 6.07) is 0. The maximum absolute atomic E-state index is 12.9. The Morgan fingerprint density at radius 2 is 0.439 bits per heavy atom. The lowest BCUT2D eigenvalue weighted by Crippen LogP contribution is -2.30. The summed E-state index contributed by atoms with van der Waals surface area (Å²) in [5.41, 5.74) is 0. The second-order valence-electron chi connectivity index (χ2n) is 22.1. The van der Waals surface area contributed by atoms with Gasteiger partial charge in [-0.05, 0) is 37.0 Å². The van der Waals surface area contributed by atoms with Crippen molar-refractivity contribution in [1.29, 1.82) is 0 Å². The first-order chi connectivity index (χ1) is 32.1. The van der Waals surface area contributed by atoms with Crippen molar-refractivity contribution in [2.24, 2.45) is 17.8 Å². The zero-order valence-corrected chi connectivity index (χ0v) is 45.5. The number of ether oxygens (including phenoxy) is 3. The van der Waals surface area contributed by atoms with E-state index < -0.39 is 6.10 Å². The first-order valence-corrected chi connectivity index (χ1v) is 29.6. The number of esters is 3. The van der Waals surface area contributed by atoms with Gasteiger partial charge in [0.2, 0.25) is 0 Å². The molecular weight excluding hydrogens is 817 g/mol. The second-order valence-corrected chi connectivity index (χ2v) is 22.1. The Bertz CT molecular complexity index is 1020. The van der Waals surface area contributed by atoms with Crippen LogP contribution in [0.4, 0.5) is 0 Å². The van der Waals surface area contributed by atoms with E-state index in [2.05, 4.69) is 41.5 Å². The zero-order valence-electron chi connectivity index (χ0n) is 45.5. The Morgan fingerprint density at radius 3 is 0.652 bits per heavy atom. The molecule has 66 heavy (non-hydrogen) atoms. The zero-order chi connectivity index (χ0) is 48.4. The molecule has 0 bridgehead atoms. The van der Waals surface area contributed by atoms with E-state index in [0.29, 0.717) is 19.3 Å².